The number of thioether (sulfide) groups is 1. The third kappa shape index (κ3) is 8.94. The fourth-order valence-corrected chi connectivity index (χ4v) is 3.94. The van der Waals surface area contributed by atoms with Crippen LogP contribution in [0.3, 0.4) is 0 Å². The standard InChI is InChI=1S/C31H28O6S/c1-4-29(32)36-20-6-19-35-26-13-9-24(10-14-26)25-11-15-27(16-12-25)38-31(34)18-8-23-7-17-28(22(3)21-23)37-30(33)5-2/h4-5,7-18,21H,1-2,6,19-20H2,3H3/b18-8+. The Bertz CT molecular complexity index is 1320. The van der Waals surface area contributed by atoms with Gasteiger partial charge in [0.1, 0.15) is 11.5 Å². The zero-order valence-corrected chi connectivity index (χ0v) is 21.9. The van der Waals surface area contributed by atoms with E-state index >= 15 is 0 Å². The minimum atomic E-state index is -0.516. The highest BCUT2D eigenvalue weighted by Crippen LogP contribution is 2.27. The summed E-state index contributed by atoms with van der Waals surface area (Å²) in [6, 6.07) is 20.8. The van der Waals surface area contributed by atoms with Gasteiger partial charge in [-0.15, -0.1) is 0 Å². The molecular formula is C31H28O6S. The van der Waals surface area contributed by atoms with E-state index < -0.39 is 11.9 Å². The fourth-order valence-electron chi connectivity index (χ4n) is 3.29. The van der Waals surface area contributed by atoms with Crippen molar-refractivity contribution in [3.63, 3.8) is 0 Å². The van der Waals surface area contributed by atoms with Crippen molar-refractivity contribution in [2.45, 2.75) is 18.2 Å². The first kappa shape index (κ1) is 28.2. The summed E-state index contributed by atoms with van der Waals surface area (Å²) in [6.45, 7) is 9.29. The minimum Gasteiger partial charge on any atom is -0.493 e. The van der Waals surface area contributed by atoms with Crippen LogP contribution in [0.15, 0.2) is 103 Å². The maximum absolute atomic E-state index is 12.4. The summed E-state index contributed by atoms with van der Waals surface area (Å²) in [4.78, 5) is 35.7. The quantitative estimate of drug-likeness (QED) is 0.0863. The maximum Gasteiger partial charge on any atom is 0.335 e. The lowest BCUT2D eigenvalue weighted by atomic mass is 10.1. The Morgan fingerprint density at radius 2 is 1.50 bits per heavy atom. The van der Waals surface area contributed by atoms with Gasteiger partial charge in [-0.25, -0.2) is 9.59 Å². The van der Waals surface area contributed by atoms with Gasteiger partial charge in [0.2, 0.25) is 5.12 Å². The van der Waals surface area contributed by atoms with E-state index in [1.54, 1.807) is 18.2 Å². The molecule has 0 saturated carbocycles. The molecule has 0 aromatic heterocycles. The third-order valence-electron chi connectivity index (χ3n) is 5.22. The summed E-state index contributed by atoms with van der Waals surface area (Å²) in [6.07, 6.45) is 6.08. The summed E-state index contributed by atoms with van der Waals surface area (Å²) in [5, 5.41) is -0.0988. The van der Waals surface area contributed by atoms with Gasteiger partial charge >= 0.3 is 11.9 Å². The number of carbonyl (C=O) groups is 3. The Balaban J connectivity index is 1.49. The van der Waals surface area contributed by atoms with Crippen LogP contribution in [0.1, 0.15) is 17.5 Å². The van der Waals surface area contributed by atoms with Gasteiger partial charge in [0, 0.05) is 23.5 Å². The average Bonchev–Trinajstić information content (AvgIpc) is 2.93. The molecule has 0 radical (unpaired) electrons. The van der Waals surface area contributed by atoms with Crippen LogP contribution in [0, 0.1) is 6.92 Å². The molecule has 3 rings (SSSR count). The third-order valence-corrected chi connectivity index (χ3v) is 6.06. The molecule has 0 unspecified atom stereocenters. The topological polar surface area (TPSA) is 78.9 Å². The Morgan fingerprint density at radius 3 is 2.13 bits per heavy atom. The largest absolute Gasteiger partial charge is 0.493 e. The van der Waals surface area contributed by atoms with Crippen molar-refractivity contribution in [3.8, 4) is 22.6 Å². The maximum atomic E-state index is 12.4. The van der Waals surface area contributed by atoms with E-state index in [4.69, 9.17) is 14.2 Å². The molecule has 0 aliphatic heterocycles. The molecule has 0 fully saturated rings. The van der Waals surface area contributed by atoms with Crippen molar-refractivity contribution in [3.05, 3.63) is 109 Å². The van der Waals surface area contributed by atoms with Crippen LogP contribution in [0.5, 0.6) is 11.5 Å². The van der Waals surface area contributed by atoms with E-state index in [1.165, 1.54) is 6.08 Å². The molecule has 3 aromatic carbocycles. The van der Waals surface area contributed by atoms with Gasteiger partial charge in [0.15, 0.2) is 0 Å². The molecule has 0 spiro atoms. The SMILES string of the molecule is C=CC(=O)OCCCOc1ccc(-c2ccc(SC(=O)/C=C/c3ccc(OC(=O)C=C)c(C)c3)cc2)cc1. The molecule has 0 amide bonds. The highest BCUT2D eigenvalue weighted by Gasteiger charge is 2.06. The monoisotopic (exact) mass is 528 g/mol. The van der Waals surface area contributed by atoms with Crippen LogP contribution in [0.4, 0.5) is 0 Å². The zero-order valence-electron chi connectivity index (χ0n) is 21.1. The van der Waals surface area contributed by atoms with Crippen LogP contribution < -0.4 is 9.47 Å². The summed E-state index contributed by atoms with van der Waals surface area (Å²) < 4.78 is 15.8. The molecule has 0 bridgehead atoms. The van der Waals surface area contributed by atoms with Crippen molar-refractivity contribution < 1.29 is 28.6 Å². The first-order valence-corrected chi connectivity index (χ1v) is 12.7. The summed E-state index contributed by atoms with van der Waals surface area (Å²) in [5.74, 6) is 0.235. The Hall–Kier alpha value is -4.36. The normalized spacial score (nSPS) is 10.6. The molecular weight excluding hydrogens is 500 g/mol. The second-order valence-electron chi connectivity index (χ2n) is 8.03. The number of esters is 2. The predicted octanol–water partition coefficient (Wildman–Crippen LogP) is 6.58. The first-order chi connectivity index (χ1) is 18.4. The van der Waals surface area contributed by atoms with Crippen molar-refractivity contribution in [1.82, 2.24) is 0 Å². The zero-order chi connectivity index (χ0) is 27.3. The Morgan fingerprint density at radius 1 is 0.842 bits per heavy atom. The second-order valence-corrected chi connectivity index (χ2v) is 9.10. The average molecular weight is 529 g/mol. The van der Waals surface area contributed by atoms with E-state index in [2.05, 4.69) is 13.2 Å². The van der Waals surface area contributed by atoms with Gasteiger partial charge in [0.05, 0.1) is 13.2 Å². The van der Waals surface area contributed by atoms with E-state index in [9.17, 15) is 14.4 Å². The number of carbonyl (C=O) groups excluding carboxylic acids is 3. The number of hydrogen-bond donors (Lipinski definition) is 0. The molecule has 0 saturated heterocycles. The van der Waals surface area contributed by atoms with Crippen molar-refractivity contribution >= 4 is 34.9 Å². The highest BCUT2D eigenvalue weighted by molar-refractivity contribution is 8.14. The fraction of sp³-hybridized carbons (Fsp3) is 0.129. The van der Waals surface area contributed by atoms with Crippen LogP contribution in [-0.2, 0) is 19.1 Å². The van der Waals surface area contributed by atoms with E-state index in [1.807, 2.05) is 61.5 Å². The number of benzene rings is 3. The van der Waals surface area contributed by atoms with Gasteiger partial charge in [-0.2, -0.15) is 0 Å². The summed E-state index contributed by atoms with van der Waals surface area (Å²) in [7, 11) is 0. The van der Waals surface area contributed by atoms with Crippen molar-refractivity contribution in [2.24, 2.45) is 0 Å². The highest BCUT2D eigenvalue weighted by atomic mass is 32.2. The number of rotatable bonds is 12. The van der Waals surface area contributed by atoms with Gasteiger partial charge in [-0.05, 0) is 83.4 Å². The molecule has 7 heteroatoms. The Labute approximate surface area is 226 Å². The van der Waals surface area contributed by atoms with Gasteiger partial charge in [-0.1, -0.05) is 49.6 Å². The molecule has 6 nitrogen and oxygen atoms in total. The number of aryl methyl sites for hydroxylation is 1. The minimum absolute atomic E-state index is 0.0988. The van der Waals surface area contributed by atoms with Crippen LogP contribution >= 0.6 is 11.8 Å². The first-order valence-electron chi connectivity index (χ1n) is 11.8. The number of hydrogen-bond acceptors (Lipinski definition) is 7. The molecule has 0 aliphatic rings. The lowest BCUT2D eigenvalue weighted by molar-refractivity contribution is -0.138. The molecule has 194 valence electrons. The van der Waals surface area contributed by atoms with Crippen molar-refractivity contribution in [2.75, 3.05) is 13.2 Å². The summed E-state index contributed by atoms with van der Waals surface area (Å²) >= 11 is 1.14. The number of ether oxygens (including phenoxy) is 3. The molecule has 0 atom stereocenters. The Kier molecular flexibility index (Phi) is 10.7. The van der Waals surface area contributed by atoms with Crippen LogP contribution in [-0.4, -0.2) is 30.3 Å². The lowest BCUT2D eigenvalue weighted by Gasteiger charge is -2.08. The summed E-state index contributed by atoms with van der Waals surface area (Å²) in [5.41, 5.74) is 3.66. The van der Waals surface area contributed by atoms with Gasteiger partial charge in [0.25, 0.3) is 0 Å². The molecule has 0 aliphatic carbocycles. The van der Waals surface area contributed by atoms with E-state index in [-0.39, 0.29) is 11.7 Å². The predicted molar refractivity (Wildman–Crippen MR) is 150 cm³/mol. The van der Waals surface area contributed by atoms with E-state index in [0.717, 1.165) is 56.8 Å². The smallest absolute Gasteiger partial charge is 0.335 e. The van der Waals surface area contributed by atoms with Crippen LogP contribution in [0.2, 0.25) is 0 Å². The lowest BCUT2D eigenvalue weighted by Crippen LogP contribution is -2.06. The molecule has 38 heavy (non-hydrogen) atoms. The van der Waals surface area contributed by atoms with Crippen molar-refractivity contribution in [1.29, 1.82) is 0 Å². The second kappa shape index (κ2) is 14.4. The molecule has 0 heterocycles. The molecule has 3 aromatic rings. The van der Waals surface area contributed by atoms with Gasteiger partial charge in [-0.3, -0.25) is 4.79 Å². The van der Waals surface area contributed by atoms with Crippen LogP contribution in [0.25, 0.3) is 17.2 Å². The van der Waals surface area contributed by atoms with E-state index in [0.29, 0.717) is 18.8 Å². The molecule has 0 N–H and O–H groups in total. The van der Waals surface area contributed by atoms with Gasteiger partial charge < -0.3 is 14.2 Å².